The maximum absolute atomic E-state index is 5.71. The number of hydrogen-bond donors (Lipinski definition) is 2. The van der Waals surface area contributed by atoms with E-state index < -0.39 is 0 Å². The molecule has 6 heteroatoms. The molecule has 2 N–H and O–H groups in total. The Morgan fingerprint density at radius 1 is 1.00 bits per heavy atom. The summed E-state index contributed by atoms with van der Waals surface area (Å²) in [4.78, 5) is 4.22. The fourth-order valence-corrected chi connectivity index (χ4v) is 2.43. The highest BCUT2D eigenvalue weighted by molar-refractivity contribution is 5.79. The number of hydrogen-bond acceptors (Lipinski definition) is 4. The monoisotopic (exact) mass is 357 g/mol. The molecular weight excluding hydrogens is 330 g/mol. The van der Waals surface area contributed by atoms with Gasteiger partial charge < -0.3 is 24.8 Å². The Bertz CT molecular complexity index is 704. The van der Waals surface area contributed by atoms with Crippen molar-refractivity contribution in [2.75, 3.05) is 34.4 Å². The average molecular weight is 357 g/mol. The molecule has 0 aliphatic heterocycles. The highest BCUT2D eigenvalue weighted by Crippen LogP contribution is 2.17. The fourth-order valence-electron chi connectivity index (χ4n) is 2.43. The summed E-state index contributed by atoms with van der Waals surface area (Å²) in [5, 5.41) is 6.51. The van der Waals surface area contributed by atoms with Crippen molar-refractivity contribution in [2.45, 2.75) is 13.2 Å². The van der Waals surface area contributed by atoms with E-state index in [2.05, 4.69) is 15.6 Å². The van der Waals surface area contributed by atoms with E-state index in [1.807, 2.05) is 48.5 Å². The summed E-state index contributed by atoms with van der Waals surface area (Å²) in [6.07, 6.45) is 0. The van der Waals surface area contributed by atoms with E-state index in [4.69, 9.17) is 14.2 Å². The summed E-state index contributed by atoms with van der Waals surface area (Å²) in [5.74, 6) is 2.42. The summed E-state index contributed by atoms with van der Waals surface area (Å²) in [6, 6.07) is 15.8. The molecule has 0 saturated carbocycles. The lowest BCUT2D eigenvalue weighted by molar-refractivity contribution is 0.123. The lowest BCUT2D eigenvalue weighted by Gasteiger charge is -2.13. The fraction of sp³-hybridized carbons (Fsp3) is 0.350. The maximum Gasteiger partial charge on any atom is 0.191 e. The van der Waals surface area contributed by atoms with Gasteiger partial charge in [0.2, 0.25) is 0 Å². The molecule has 2 aromatic carbocycles. The second kappa shape index (κ2) is 11.0. The number of aliphatic imine (C=N–C) groups is 1. The minimum absolute atomic E-state index is 0.515. The van der Waals surface area contributed by atoms with Crippen LogP contribution in [-0.2, 0) is 17.9 Å². The van der Waals surface area contributed by atoms with Crippen LogP contribution in [0.15, 0.2) is 53.5 Å². The Morgan fingerprint density at radius 2 is 1.85 bits per heavy atom. The number of ether oxygens (including phenoxy) is 3. The molecule has 0 aliphatic rings. The number of methoxy groups -OCH3 is 2. The van der Waals surface area contributed by atoms with Gasteiger partial charge in [0.05, 0.1) is 27.4 Å². The van der Waals surface area contributed by atoms with Crippen LogP contribution in [0.3, 0.4) is 0 Å². The van der Waals surface area contributed by atoms with Gasteiger partial charge in [-0.3, -0.25) is 4.99 Å². The highest BCUT2D eigenvalue weighted by atomic mass is 16.5. The molecule has 0 unspecified atom stereocenters. The van der Waals surface area contributed by atoms with Gasteiger partial charge in [0.25, 0.3) is 0 Å². The van der Waals surface area contributed by atoms with E-state index in [9.17, 15) is 0 Å². The van der Waals surface area contributed by atoms with E-state index in [-0.39, 0.29) is 0 Å². The third-order valence-electron chi connectivity index (χ3n) is 3.81. The Hall–Kier alpha value is -2.73. The van der Waals surface area contributed by atoms with Gasteiger partial charge in [-0.25, -0.2) is 0 Å². The van der Waals surface area contributed by atoms with Crippen LogP contribution < -0.4 is 20.1 Å². The second-order valence-corrected chi connectivity index (χ2v) is 5.57. The molecule has 0 saturated heterocycles. The first-order valence-corrected chi connectivity index (χ1v) is 8.54. The molecule has 0 amide bonds. The van der Waals surface area contributed by atoms with Gasteiger partial charge in [-0.15, -0.1) is 0 Å². The minimum atomic E-state index is 0.515. The first kappa shape index (κ1) is 19.6. The number of para-hydroxylation sites is 1. The van der Waals surface area contributed by atoms with Gasteiger partial charge in [0.15, 0.2) is 5.96 Å². The summed E-state index contributed by atoms with van der Waals surface area (Å²) < 4.78 is 16.3. The lowest BCUT2D eigenvalue weighted by atomic mass is 10.2. The van der Waals surface area contributed by atoms with Crippen LogP contribution in [0, 0.1) is 0 Å². The predicted octanol–water partition coefficient (Wildman–Crippen LogP) is 2.59. The van der Waals surface area contributed by atoms with Gasteiger partial charge in [-0.2, -0.15) is 0 Å². The quantitative estimate of drug-likeness (QED) is 0.410. The van der Waals surface area contributed by atoms with Crippen molar-refractivity contribution in [3.8, 4) is 11.5 Å². The molecule has 0 spiro atoms. The molecule has 0 aromatic heterocycles. The van der Waals surface area contributed by atoms with Crippen molar-refractivity contribution < 1.29 is 14.2 Å². The maximum atomic E-state index is 5.71. The standard InChI is InChI=1S/C20H27N3O3/c1-21-20(23-14-16-7-6-9-18(13-16)24-2)22-11-12-26-15-17-8-4-5-10-19(17)25-3/h4-10,13H,11-12,14-15H2,1-3H3,(H2,21,22,23). The topological polar surface area (TPSA) is 64.1 Å². The second-order valence-electron chi connectivity index (χ2n) is 5.57. The Balaban J connectivity index is 1.68. The number of benzene rings is 2. The van der Waals surface area contributed by atoms with Crippen molar-refractivity contribution in [1.82, 2.24) is 10.6 Å². The van der Waals surface area contributed by atoms with E-state index in [0.717, 1.165) is 28.6 Å². The number of guanidine groups is 1. The Labute approximate surface area is 155 Å². The molecule has 0 heterocycles. The van der Waals surface area contributed by atoms with Crippen LogP contribution in [0.1, 0.15) is 11.1 Å². The zero-order valence-electron chi connectivity index (χ0n) is 15.6. The zero-order valence-corrected chi connectivity index (χ0v) is 15.6. The van der Waals surface area contributed by atoms with Crippen molar-refractivity contribution in [2.24, 2.45) is 4.99 Å². The third kappa shape index (κ3) is 6.29. The number of nitrogens with zero attached hydrogens (tertiary/aromatic N) is 1. The van der Waals surface area contributed by atoms with Gasteiger partial charge in [0.1, 0.15) is 11.5 Å². The van der Waals surface area contributed by atoms with E-state index in [0.29, 0.717) is 26.3 Å². The summed E-state index contributed by atoms with van der Waals surface area (Å²) >= 11 is 0. The molecule has 0 bridgehead atoms. The molecule has 6 nitrogen and oxygen atoms in total. The van der Waals surface area contributed by atoms with Gasteiger partial charge in [0, 0.05) is 25.7 Å². The van der Waals surface area contributed by atoms with Crippen molar-refractivity contribution in [1.29, 1.82) is 0 Å². The Kier molecular flexibility index (Phi) is 8.29. The van der Waals surface area contributed by atoms with E-state index in [1.165, 1.54) is 0 Å². The zero-order chi connectivity index (χ0) is 18.6. The molecule has 2 rings (SSSR count). The SMILES string of the molecule is CN=C(NCCOCc1ccccc1OC)NCc1cccc(OC)c1. The largest absolute Gasteiger partial charge is 0.497 e. The smallest absolute Gasteiger partial charge is 0.191 e. The van der Waals surface area contributed by atoms with Crippen LogP contribution in [-0.4, -0.2) is 40.4 Å². The normalized spacial score (nSPS) is 11.1. The van der Waals surface area contributed by atoms with Gasteiger partial charge >= 0.3 is 0 Å². The third-order valence-corrected chi connectivity index (χ3v) is 3.81. The van der Waals surface area contributed by atoms with Gasteiger partial charge in [-0.1, -0.05) is 30.3 Å². The number of rotatable bonds is 9. The molecule has 2 aromatic rings. The highest BCUT2D eigenvalue weighted by Gasteiger charge is 2.02. The van der Waals surface area contributed by atoms with Crippen molar-refractivity contribution >= 4 is 5.96 Å². The molecule has 140 valence electrons. The molecule has 26 heavy (non-hydrogen) atoms. The van der Waals surface area contributed by atoms with Crippen molar-refractivity contribution in [3.05, 3.63) is 59.7 Å². The van der Waals surface area contributed by atoms with Crippen LogP contribution in [0.5, 0.6) is 11.5 Å². The van der Waals surface area contributed by atoms with Crippen LogP contribution >= 0.6 is 0 Å². The molecular formula is C20H27N3O3. The van der Waals surface area contributed by atoms with Crippen LogP contribution in [0.4, 0.5) is 0 Å². The molecule has 0 fully saturated rings. The summed E-state index contributed by atoms with van der Waals surface area (Å²) in [5.41, 5.74) is 2.16. The Morgan fingerprint density at radius 3 is 2.62 bits per heavy atom. The molecule has 0 aliphatic carbocycles. The number of nitrogens with one attached hydrogen (secondary N) is 2. The predicted molar refractivity (Wildman–Crippen MR) is 104 cm³/mol. The average Bonchev–Trinajstić information content (AvgIpc) is 2.70. The lowest BCUT2D eigenvalue weighted by Crippen LogP contribution is -2.38. The van der Waals surface area contributed by atoms with E-state index >= 15 is 0 Å². The summed E-state index contributed by atoms with van der Waals surface area (Å²) in [7, 11) is 5.08. The first-order chi connectivity index (χ1) is 12.8. The van der Waals surface area contributed by atoms with E-state index in [1.54, 1.807) is 21.3 Å². The minimum Gasteiger partial charge on any atom is -0.497 e. The summed E-state index contributed by atoms with van der Waals surface area (Å²) in [6.45, 7) is 2.41. The van der Waals surface area contributed by atoms with Crippen molar-refractivity contribution in [3.63, 3.8) is 0 Å². The van der Waals surface area contributed by atoms with Gasteiger partial charge in [-0.05, 0) is 23.8 Å². The first-order valence-electron chi connectivity index (χ1n) is 8.54. The van der Waals surface area contributed by atoms with Crippen LogP contribution in [0.2, 0.25) is 0 Å². The van der Waals surface area contributed by atoms with Crippen LogP contribution in [0.25, 0.3) is 0 Å². The molecule has 0 radical (unpaired) electrons. The molecule has 0 atom stereocenters.